The molecule has 4 aromatic rings. The van der Waals surface area contributed by atoms with Crippen molar-refractivity contribution in [2.45, 2.75) is 26.3 Å². The molecule has 2 heterocycles. The van der Waals surface area contributed by atoms with E-state index in [1.807, 2.05) is 0 Å². The van der Waals surface area contributed by atoms with Gasteiger partial charge in [0.1, 0.15) is 12.4 Å². The van der Waals surface area contributed by atoms with Crippen molar-refractivity contribution in [1.29, 1.82) is 0 Å². The Morgan fingerprint density at radius 2 is 1.79 bits per heavy atom. The highest BCUT2D eigenvalue weighted by atomic mass is 16.5. The van der Waals surface area contributed by atoms with Gasteiger partial charge in [0.2, 0.25) is 0 Å². The number of nitrogens with zero attached hydrogens (tertiary/aromatic N) is 2. The summed E-state index contributed by atoms with van der Waals surface area (Å²) in [4.78, 5) is 2.52. The van der Waals surface area contributed by atoms with Crippen LogP contribution in [0.2, 0.25) is 0 Å². The summed E-state index contributed by atoms with van der Waals surface area (Å²) in [5, 5.41) is 2.57. The molecule has 0 atom stereocenters. The Balaban J connectivity index is 1.66. The maximum atomic E-state index is 6.34. The molecule has 0 amide bonds. The van der Waals surface area contributed by atoms with Gasteiger partial charge in [0.25, 0.3) is 0 Å². The predicted octanol–water partition coefficient (Wildman–Crippen LogP) is 5.49. The fourth-order valence-corrected chi connectivity index (χ4v) is 4.60. The van der Waals surface area contributed by atoms with Crippen molar-refractivity contribution in [3.05, 3.63) is 77.9 Å². The first-order valence-corrected chi connectivity index (χ1v) is 10.8. The zero-order chi connectivity index (χ0) is 19.6. The monoisotopic (exact) mass is 384 g/mol. The molecule has 148 valence electrons. The average molecular weight is 385 g/mol. The number of hydrogen-bond acceptors (Lipinski definition) is 2. The molecule has 2 bridgehead atoms. The quantitative estimate of drug-likeness (QED) is 0.463. The molecule has 0 unspecified atom stereocenters. The highest BCUT2D eigenvalue weighted by Crippen LogP contribution is 2.37. The van der Waals surface area contributed by atoms with Crippen molar-refractivity contribution >= 4 is 21.8 Å². The van der Waals surface area contributed by atoms with Gasteiger partial charge in [-0.2, -0.15) is 0 Å². The van der Waals surface area contributed by atoms with Crippen LogP contribution < -0.4 is 4.74 Å². The van der Waals surface area contributed by atoms with Crippen LogP contribution in [-0.2, 0) is 13.0 Å². The summed E-state index contributed by atoms with van der Waals surface area (Å²) >= 11 is 0. The van der Waals surface area contributed by atoms with Crippen molar-refractivity contribution in [1.82, 2.24) is 9.47 Å². The molecular weight excluding hydrogens is 356 g/mol. The third-order valence-electron chi connectivity index (χ3n) is 6.02. The number of fused-ring (bicyclic) bond motifs is 1. The number of ether oxygens (including phenoxy) is 1. The van der Waals surface area contributed by atoms with Crippen LogP contribution in [0.1, 0.15) is 24.5 Å². The molecule has 0 aliphatic carbocycles. The van der Waals surface area contributed by atoms with Gasteiger partial charge < -0.3 is 9.30 Å². The molecule has 0 saturated heterocycles. The summed E-state index contributed by atoms with van der Waals surface area (Å²) < 4.78 is 8.77. The van der Waals surface area contributed by atoms with E-state index >= 15 is 0 Å². The van der Waals surface area contributed by atoms with Crippen LogP contribution in [0.5, 0.6) is 5.75 Å². The van der Waals surface area contributed by atoms with E-state index in [0.717, 1.165) is 45.0 Å². The molecule has 0 fully saturated rings. The predicted molar refractivity (Wildman–Crippen MR) is 121 cm³/mol. The van der Waals surface area contributed by atoms with E-state index in [9.17, 15) is 0 Å². The van der Waals surface area contributed by atoms with Crippen LogP contribution >= 0.6 is 0 Å². The number of hydrogen-bond donors (Lipinski definition) is 0. The molecule has 3 heteroatoms. The summed E-state index contributed by atoms with van der Waals surface area (Å²) in [7, 11) is 0. The first-order valence-electron chi connectivity index (χ1n) is 10.8. The SMILES string of the molecule is CCCN1CCOc2cccc3c2c2cc(ccc2n3Cc2ccccc2)CC1. The molecule has 1 aliphatic heterocycles. The van der Waals surface area contributed by atoms with Crippen LogP contribution in [0, 0.1) is 0 Å². The standard InChI is InChI=1S/C26H28N2O/c1-2-14-27-15-13-20-11-12-23-22(18-20)26-24(9-6-10-25(26)29-17-16-27)28(23)19-21-7-4-3-5-8-21/h3-12,18H,2,13-17,19H2,1H3. The Bertz CT molecular complexity index is 1130. The summed E-state index contributed by atoms with van der Waals surface area (Å²) in [6.45, 7) is 7.06. The summed E-state index contributed by atoms with van der Waals surface area (Å²) in [5.74, 6) is 1.01. The normalized spacial score (nSPS) is 15.1. The van der Waals surface area contributed by atoms with Crippen molar-refractivity contribution in [3.8, 4) is 5.75 Å². The molecule has 5 rings (SSSR count). The van der Waals surface area contributed by atoms with E-state index in [2.05, 4.69) is 83.1 Å². The minimum Gasteiger partial charge on any atom is -0.492 e. The van der Waals surface area contributed by atoms with Crippen LogP contribution in [0.3, 0.4) is 0 Å². The lowest BCUT2D eigenvalue weighted by atomic mass is 10.1. The Morgan fingerprint density at radius 1 is 0.897 bits per heavy atom. The topological polar surface area (TPSA) is 17.4 Å². The fourth-order valence-electron chi connectivity index (χ4n) is 4.60. The minimum absolute atomic E-state index is 0.737. The third-order valence-corrected chi connectivity index (χ3v) is 6.02. The van der Waals surface area contributed by atoms with Gasteiger partial charge in [0, 0.05) is 35.9 Å². The van der Waals surface area contributed by atoms with E-state index in [1.165, 1.54) is 39.4 Å². The van der Waals surface area contributed by atoms with E-state index in [4.69, 9.17) is 4.74 Å². The molecule has 0 spiro atoms. The van der Waals surface area contributed by atoms with Gasteiger partial charge in [-0.3, -0.25) is 4.90 Å². The first kappa shape index (κ1) is 18.3. The third kappa shape index (κ3) is 3.51. The van der Waals surface area contributed by atoms with Gasteiger partial charge in [0.15, 0.2) is 0 Å². The summed E-state index contributed by atoms with van der Waals surface area (Å²) in [6, 6.07) is 24.2. The molecule has 0 radical (unpaired) electrons. The van der Waals surface area contributed by atoms with Crippen molar-refractivity contribution in [3.63, 3.8) is 0 Å². The Labute approximate surface area is 172 Å². The van der Waals surface area contributed by atoms with Crippen LogP contribution in [0.25, 0.3) is 21.8 Å². The Morgan fingerprint density at radius 3 is 2.66 bits per heavy atom. The summed E-state index contributed by atoms with van der Waals surface area (Å²) in [5.41, 5.74) is 5.27. The lowest BCUT2D eigenvalue weighted by Gasteiger charge is -2.21. The van der Waals surface area contributed by atoms with Gasteiger partial charge in [-0.25, -0.2) is 0 Å². The maximum Gasteiger partial charge on any atom is 0.129 e. The second kappa shape index (κ2) is 7.92. The lowest BCUT2D eigenvalue weighted by Crippen LogP contribution is -2.31. The Kier molecular flexibility index (Phi) is 4.99. The van der Waals surface area contributed by atoms with E-state index in [0.29, 0.717) is 0 Å². The molecule has 29 heavy (non-hydrogen) atoms. The zero-order valence-electron chi connectivity index (χ0n) is 17.1. The highest BCUT2D eigenvalue weighted by molar-refractivity contribution is 6.11. The molecule has 0 saturated carbocycles. The van der Waals surface area contributed by atoms with Crippen molar-refractivity contribution in [2.24, 2.45) is 0 Å². The maximum absolute atomic E-state index is 6.34. The van der Waals surface area contributed by atoms with Crippen LogP contribution in [0.4, 0.5) is 0 Å². The number of rotatable bonds is 4. The molecule has 3 aromatic carbocycles. The van der Waals surface area contributed by atoms with E-state index < -0.39 is 0 Å². The van der Waals surface area contributed by atoms with Gasteiger partial charge in [0.05, 0.1) is 5.52 Å². The molecule has 0 N–H and O–H groups in total. The fraction of sp³-hybridized carbons (Fsp3) is 0.308. The second-order valence-electron chi connectivity index (χ2n) is 8.01. The molecule has 1 aliphatic rings. The van der Waals surface area contributed by atoms with Gasteiger partial charge in [-0.1, -0.05) is 49.4 Å². The minimum atomic E-state index is 0.737. The van der Waals surface area contributed by atoms with E-state index in [1.54, 1.807) is 0 Å². The van der Waals surface area contributed by atoms with Crippen LogP contribution in [0.15, 0.2) is 66.7 Å². The average Bonchev–Trinajstić information content (AvgIpc) is 3.05. The van der Waals surface area contributed by atoms with Gasteiger partial charge >= 0.3 is 0 Å². The van der Waals surface area contributed by atoms with Crippen LogP contribution in [-0.4, -0.2) is 35.7 Å². The number of aromatic nitrogens is 1. The lowest BCUT2D eigenvalue weighted by molar-refractivity contribution is 0.212. The highest BCUT2D eigenvalue weighted by Gasteiger charge is 2.17. The molecule has 1 aromatic heterocycles. The smallest absolute Gasteiger partial charge is 0.129 e. The molecule has 3 nitrogen and oxygen atoms in total. The molecular formula is C26H28N2O. The van der Waals surface area contributed by atoms with Crippen molar-refractivity contribution in [2.75, 3.05) is 26.2 Å². The zero-order valence-corrected chi connectivity index (χ0v) is 17.1. The largest absolute Gasteiger partial charge is 0.492 e. The first-order chi connectivity index (χ1) is 14.3. The summed E-state index contributed by atoms with van der Waals surface area (Å²) in [6.07, 6.45) is 2.27. The number of benzene rings is 3. The van der Waals surface area contributed by atoms with E-state index in [-0.39, 0.29) is 0 Å². The Hall–Kier alpha value is -2.78. The van der Waals surface area contributed by atoms with Gasteiger partial charge in [-0.15, -0.1) is 0 Å². The second-order valence-corrected chi connectivity index (χ2v) is 8.01. The van der Waals surface area contributed by atoms with Crippen molar-refractivity contribution < 1.29 is 4.74 Å². The van der Waals surface area contributed by atoms with Gasteiger partial charge in [-0.05, 0) is 54.8 Å².